The van der Waals surface area contributed by atoms with Gasteiger partial charge in [0.2, 0.25) is 0 Å². The van der Waals surface area contributed by atoms with Gasteiger partial charge < -0.3 is 0 Å². The van der Waals surface area contributed by atoms with Crippen molar-refractivity contribution in [2.75, 3.05) is 0 Å². The molecule has 8 heteroatoms. The Labute approximate surface area is 235 Å². The molecule has 4 aromatic heterocycles. The molecule has 5 rings (SSSR count). The third-order valence-electron chi connectivity index (χ3n) is 6.87. The van der Waals surface area contributed by atoms with Crippen LogP contribution in [0.5, 0.6) is 0 Å². The maximum absolute atomic E-state index is 2.62. The van der Waals surface area contributed by atoms with E-state index < -0.39 is 32.3 Å². The van der Waals surface area contributed by atoms with E-state index in [2.05, 4.69) is 148 Å². The lowest BCUT2D eigenvalue weighted by atomic mass is 10.2. The minimum Gasteiger partial charge on any atom is -0.144 e. The summed E-state index contributed by atoms with van der Waals surface area (Å²) >= 11 is 8.46. The fraction of sp³-hybridized carbons (Fsp3) is 0.429. The number of rotatable bonds is 4. The van der Waals surface area contributed by atoms with E-state index in [1.165, 1.54) is 25.4 Å². The van der Waals surface area contributed by atoms with Gasteiger partial charge in [0.25, 0.3) is 0 Å². The molecule has 0 aromatic carbocycles. The molecule has 192 valence electrons. The molecule has 0 atom stereocenters. The lowest BCUT2D eigenvalue weighted by Gasteiger charge is -2.12. The average Bonchev–Trinajstić information content (AvgIpc) is 3.44. The number of hydrogen-bond acceptors (Lipinski definition) is 4. The smallest absolute Gasteiger partial charge is 0.0904 e. The molecule has 0 fully saturated rings. The van der Waals surface area contributed by atoms with Gasteiger partial charge >= 0.3 is 0 Å². The van der Waals surface area contributed by atoms with Crippen LogP contribution in [0.4, 0.5) is 0 Å². The Morgan fingerprint density at radius 1 is 0.333 bits per heavy atom. The van der Waals surface area contributed by atoms with E-state index in [1.54, 1.807) is 31.6 Å². The zero-order valence-corrected chi connectivity index (χ0v) is 31.2. The largest absolute Gasteiger partial charge is 0.144 e. The summed E-state index contributed by atoms with van der Waals surface area (Å²) in [6.07, 6.45) is 0. The summed E-state index contributed by atoms with van der Waals surface area (Å²) in [5.74, 6) is 0. The highest BCUT2D eigenvalue weighted by molar-refractivity contribution is 7.28. The summed E-state index contributed by atoms with van der Waals surface area (Å²) in [6, 6.07) is 10.5. The summed E-state index contributed by atoms with van der Waals surface area (Å²) in [6.45, 7) is 30.1. The van der Waals surface area contributed by atoms with Crippen molar-refractivity contribution in [1.29, 1.82) is 0 Å². The van der Waals surface area contributed by atoms with Crippen LogP contribution in [0.15, 0.2) is 24.3 Å². The highest BCUT2D eigenvalue weighted by Crippen LogP contribution is 2.25. The van der Waals surface area contributed by atoms with Crippen molar-refractivity contribution in [1.82, 2.24) is 0 Å². The summed E-state index contributed by atoms with van der Waals surface area (Å²) in [7, 11) is -5.72. The monoisotopic (exact) mass is 616 g/mol. The highest BCUT2D eigenvalue weighted by atomic mass is 32.1. The number of thiophene rings is 4. The van der Waals surface area contributed by atoms with Gasteiger partial charge in [-0.25, -0.2) is 0 Å². The van der Waals surface area contributed by atoms with Gasteiger partial charge in [-0.05, 0) is 42.3 Å². The third kappa shape index (κ3) is 4.67. The maximum Gasteiger partial charge on any atom is 0.0904 e. The Balaban J connectivity index is 2.24. The van der Waals surface area contributed by atoms with Crippen LogP contribution < -0.4 is 18.0 Å². The van der Waals surface area contributed by atoms with Crippen molar-refractivity contribution >= 4 is 95.6 Å². The topological polar surface area (TPSA) is 0 Å². The number of hydrogen-bond donors (Lipinski definition) is 0. The molecule has 0 unspecified atom stereocenters. The third-order valence-corrected chi connectivity index (χ3v) is 26.0. The SMILES string of the molecule is C[Si](C)(C)c1cc2/c(s1)=c1/sc([Si](C)(C)C)c/c1=c1\sc([Si](C)(C)C)c\c1=c1/sc([Si](C)(C)C)c/c1=2. The van der Waals surface area contributed by atoms with Gasteiger partial charge in [0.05, 0.1) is 41.4 Å². The zero-order chi connectivity index (χ0) is 26.6. The van der Waals surface area contributed by atoms with Gasteiger partial charge in [-0.1, -0.05) is 78.6 Å². The van der Waals surface area contributed by atoms with E-state index in [-0.39, 0.29) is 0 Å². The Kier molecular flexibility index (Phi) is 6.49. The molecule has 0 saturated carbocycles. The molecule has 0 aliphatic heterocycles. The Morgan fingerprint density at radius 3 is 0.917 bits per heavy atom. The summed E-state index contributed by atoms with van der Waals surface area (Å²) in [4.78, 5) is 0. The van der Waals surface area contributed by atoms with Crippen molar-refractivity contribution in [2.24, 2.45) is 0 Å². The van der Waals surface area contributed by atoms with Crippen molar-refractivity contribution in [2.45, 2.75) is 78.6 Å². The lowest BCUT2D eigenvalue weighted by molar-refractivity contribution is 1.45. The molecule has 36 heavy (non-hydrogen) atoms. The molecule has 0 bridgehead atoms. The number of fused-ring (bicyclic) bond motifs is 4. The highest BCUT2D eigenvalue weighted by Gasteiger charge is 2.25. The standard InChI is InChI=1S/C28H40S4Si4/c1-33(2,3)21-13-17-18-14-22(34(4,5)6)31-27(18)28-20(16-24(32-28)36(10,11)12)26-19(25(17)29-21)15-23(30-26)35(7,8)9/h13-16H,1-12H3/b18-17-,25-19+,26-20+,28-27-. The van der Waals surface area contributed by atoms with E-state index in [0.717, 1.165) is 0 Å². The zero-order valence-electron chi connectivity index (χ0n) is 23.9. The molecule has 0 radical (unpaired) electrons. The maximum atomic E-state index is 2.62. The Hall–Kier alpha value is -0.332. The van der Waals surface area contributed by atoms with Crippen molar-refractivity contribution < 1.29 is 0 Å². The fourth-order valence-electron chi connectivity index (χ4n) is 4.52. The molecule has 4 heterocycles. The molecule has 0 nitrogen and oxygen atoms in total. The minimum absolute atomic E-state index is 1.43. The average molecular weight is 617 g/mol. The van der Waals surface area contributed by atoms with Crippen LogP contribution in [0, 0.1) is 39.0 Å². The quantitative estimate of drug-likeness (QED) is 0.183. The fourth-order valence-corrected chi connectivity index (χ4v) is 17.0. The van der Waals surface area contributed by atoms with Crippen molar-refractivity contribution in [3.05, 3.63) is 63.3 Å². The minimum atomic E-state index is -1.43. The van der Waals surface area contributed by atoms with Crippen LogP contribution in [0.25, 0.3) is 0 Å². The molecule has 1 aliphatic rings. The second-order valence-electron chi connectivity index (χ2n) is 14.4. The molecule has 0 N–H and O–H groups in total. The van der Waals surface area contributed by atoms with E-state index in [9.17, 15) is 0 Å². The van der Waals surface area contributed by atoms with Crippen LogP contribution in [0.3, 0.4) is 0 Å². The first-order valence-electron chi connectivity index (χ1n) is 12.9. The van der Waals surface area contributed by atoms with Crippen LogP contribution >= 0.6 is 45.3 Å². The Morgan fingerprint density at radius 2 is 0.556 bits per heavy atom. The summed E-state index contributed by atoms with van der Waals surface area (Å²) < 4.78 is 12.7. The van der Waals surface area contributed by atoms with Crippen molar-refractivity contribution in [3.63, 3.8) is 0 Å². The van der Waals surface area contributed by atoms with Gasteiger partial charge in [0.1, 0.15) is 0 Å². The van der Waals surface area contributed by atoms with Gasteiger partial charge in [-0.3, -0.25) is 0 Å². The summed E-state index contributed by atoms with van der Waals surface area (Å²) in [5, 5.41) is 6.09. The van der Waals surface area contributed by atoms with Gasteiger partial charge in [0.15, 0.2) is 0 Å². The van der Waals surface area contributed by atoms with Gasteiger partial charge in [0, 0.05) is 29.9 Å². The molecular weight excluding hydrogens is 577 g/mol. The molecule has 0 spiro atoms. The van der Waals surface area contributed by atoms with Crippen LogP contribution in [0.2, 0.25) is 78.6 Å². The van der Waals surface area contributed by atoms with E-state index in [0.29, 0.717) is 0 Å². The normalized spacial score (nSPS) is 18.1. The van der Waals surface area contributed by atoms with Crippen molar-refractivity contribution in [3.8, 4) is 0 Å². The molecule has 0 amide bonds. The summed E-state index contributed by atoms with van der Waals surface area (Å²) in [5.41, 5.74) is 0. The first-order chi connectivity index (χ1) is 16.4. The molecule has 1 aliphatic carbocycles. The first kappa shape index (κ1) is 27.2. The predicted octanol–water partition coefficient (Wildman–Crippen LogP) is 7.57. The van der Waals surface area contributed by atoms with E-state index in [4.69, 9.17) is 0 Å². The van der Waals surface area contributed by atoms with Gasteiger partial charge in [-0.2, -0.15) is 0 Å². The van der Waals surface area contributed by atoms with Crippen LogP contribution in [0.1, 0.15) is 0 Å². The van der Waals surface area contributed by atoms with E-state index in [1.807, 2.05) is 0 Å². The lowest BCUT2D eigenvalue weighted by Crippen LogP contribution is -2.35. The molecule has 0 saturated heterocycles. The Bertz CT molecular complexity index is 1450. The first-order valence-corrected chi connectivity index (χ1v) is 30.2. The second-order valence-corrected chi connectivity index (χ2v) is 40.2. The molecule has 4 aromatic rings. The van der Waals surface area contributed by atoms with Gasteiger partial charge in [-0.15, -0.1) is 45.3 Å². The molecular formula is C28H40S4Si4. The predicted molar refractivity (Wildman–Crippen MR) is 180 cm³/mol. The van der Waals surface area contributed by atoms with E-state index >= 15 is 0 Å². The van der Waals surface area contributed by atoms with Crippen LogP contribution in [-0.4, -0.2) is 32.3 Å². The van der Waals surface area contributed by atoms with Crippen LogP contribution in [-0.2, 0) is 0 Å². The second kappa shape index (κ2) is 8.58.